The summed E-state index contributed by atoms with van der Waals surface area (Å²) in [6, 6.07) is 49.3. The monoisotopic (exact) mass is 750 g/mol. The number of carbonyl (C=O) groups excluding carboxylic acids is 3. The highest BCUT2D eigenvalue weighted by Gasteiger charge is 2.20. The van der Waals surface area contributed by atoms with Crippen LogP contribution in [0.5, 0.6) is 17.2 Å². The lowest BCUT2D eigenvalue weighted by Gasteiger charge is -2.23. The van der Waals surface area contributed by atoms with E-state index in [4.69, 9.17) is 14.2 Å². The van der Waals surface area contributed by atoms with Crippen LogP contribution >= 0.6 is 0 Å². The van der Waals surface area contributed by atoms with E-state index < -0.39 is 0 Å². The largest absolute Gasteiger partial charge is 0.489 e. The molecule has 0 aromatic heterocycles. The summed E-state index contributed by atoms with van der Waals surface area (Å²) in [5, 5.41) is 0. The standard InChI is InChI=1S/C51H42O6/c1-34-46(31-55-43-25-19-40(20-26-43)49(52)37-13-7-4-8-14-37)35(2)48(33-57-45-29-23-42(24-30-45)51(54)39-17-11-6-12-18-39)36(3)47(34)32-56-44-27-21-41(22-28-44)50(53)38-15-9-5-10-16-38/h4-30H,31-33H2,1-3H3. The van der Waals surface area contributed by atoms with E-state index in [1.54, 1.807) is 36.4 Å². The first kappa shape index (κ1) is 38.2. The zero-order valence-electron chi connectivity index (χ0n) is 32.2. The molecule has 7 rings (SSSR count). The maximum atomic E-state index is 13.0. The molecule has 0 aliphatic rings. The first-order valence-electron chi connectivity index (χ1n) is 18.8. The predicted octanol–water partition coefficient (Wildman–Crippen LogP) is 11.0. The summed E-state index contributed by atoms with van der Waals surface area (Å²) in [6.45, 7) is 7.10. The van der Waals surface area contributed by atoms with Gasteiger partial charge in [0.15, 0.2) is 17.3 Å². The summed E-state index contributed by atoms with van der Waals surface area (Å²) < 4.78 is 19.1. The van der Waals surface area contributed by atoms with E-state index in [1.165, 1.54) is 0 Å². The van der Waals surface area contributed by atoms with Gasteiger partial charge in [-0.2, -0.15) is 0 Å². The molecule has 282 valence electrons. The van der Waals surface area contributed by atoms with Crippen LogP contribution in [0.3, 0.4) is 0 Å². The summed E-state index contributed by atoms with van der Waals surface area (Å²) in [5.74, 6) is 1.80. The van der Waals surface area contributed by atoms with Crippen molar-refractivity contribution in [1.82, 2.24) is 0 Å². The summed E-state index contributed by atoms with van der Waals surface area (Å²) in [7, 11) is 0. The fourth-order valence-electron chi connectivity index (χ4n) is 6.88. The second kappa shape index (κ2) is 17.6. The van der Waals surface area contributed by atoms with E-state index in [0.717, 1.165) is 33.4 Å². The van der Waals surface area contributed by atoms with Gasteiger partial charge >= 0.3 is 0 Å². The first-order chi connectivity index (χ1) is 27.8. The number of rotatable bonds is 15. The molecule has 6 nitrogen and oxygen atoms in total. The van der Waals surface area contributed by atoms with Crippen LogP contribution in [0.2, 0.25) is 0 Å². The summed E-state index contributed by atoms with van der Waals surface area (Å²) in [5.41, 5.74) is 9.83. The molecular formula is C51H42O6. The third-order valence-corrected chi connectivity index (χ3v) is 10.3. The predicted molar refractivity (Wildman–Crippen MR) is 223 cm³/mol. The fourth-order valence-corrected chi connectivity index (χ4v) is 6.88. The third-order valence-electron chi connectivity index (χ3n) is 10.3. The van der Waals surface area contributed by atoms with Crippen molar-refractivity contribution >= 4 is 17.3 Å². The average molecular weight is 751 g/mol. The summed E-state index contributed by atoms with van der Waals surface area (Å²) in [6.07, 6.45) is 0. The van der Waals surface area contributed by atoms with Crippen LogP contribution in [0.1, 0.15) is 81.1 Å². The molecule has 0 bridgehead atoms. The Morgan fingerprint density at radius 3 is 0.754 bits per heavy atom. The van der Waals surface area contributed by atoms with Gasteiger partial charge in [0.25, 0.3) is 0 Å². The van der Waals surface area contributed by atoms with Gasteiger partial charge in [0.1, 0.15) is 37.1 Å². The molecule has 0 N–H and O–H groups in total. The summed E-state index contributed by atoms with van der Waals surface area (Å²) >= 11 is 0. The Morgan fingerprint density at radius 1 is 0.316 bits per heavy atom. The van der Waals surface area contributed by atoms with Crippen molar-refractivity contribution in [2.24, 2.45) is 0 Å². The van der Waals surface area contributed by atoms with Gasteiger partial charge in [0, 0.05) is 33.4 Å². The molecule has 0 aliphatic carbocycles. The second-order valence-corrected chi connectivity index (χ2v) is 13.8. The zero-order chi connectivity index (χ0) is 39.7. The molecule has 0 saturated heterocycles. The smallest absolute Gasteiger partial charge is 0.193 e. The van der Waals surface area contributed by atoms with Gasteiger partial charge in [-0.25, -0.2) is 0 Å². The molecule has 0 amide bonds. The lowest BCUT2D eigenvalue weighted by Crippen LogP contribution is -2.13. The Labute approximate surface area is 333 Å². The average Bonchev–Trinajstić information content (AvgIpc) is 3.27. The number of hydrogen-bond donors (Lipinski definition) is 0. The van der Waals surface area contributed by atoms with Crippen LogP contribution < -0.4 is 14.2 Å². The van der Waals surface area contributed by atoms with Crippen molar-refractivity contribution in [3.8, 4) is 17.2 Å². The minimum atomic E-state index is -0.0449. The first-order valence-corrected chi connectivity index (χ1v) is 18.8. The van der Waals surface area contributed by atoms with Crippen LogP contribution in [0.25, 0.3) is 0 Å². The van der Waals surface area contributed by atoms with Crippen LogP contribution in [0.4, 0.5) is 0 Å². The topological polar surface area (TPSA) is 78.9 Å². The van der Waals surface area contributed by atoms with Crippen LogP contribution in [-0.2, 0) is 19.8 Å². The molecule has 0 fully saturated rings. The molecule has 0 radical (unpaired) electrons. The Balaban J connectivity index is 1.11. The lowest BCUT2D eigenvalue weighted by atomic mass is 9.89. The maximum Gasteiger partial charge on any atom is 0.193 e. The number of hydrogen-bond acceptors (Lipinski definition) is 6. The molecule has 0 unspecified atom stereocenters. The van der Waals surface area contributed by atoms with Gasteiger partial charge in [-0.3, -0.25) is 14.4 Å². The number of benzene rings is 7. The van der Waals surface area contributed by atoms with Crippen molar-refractivity contribution in [2.45, 2.75) is 40.6 Å². The molecule has 0 saturated carbocycles. The van der Waals surface area contributed by atoms with Crippen molar-refractivity contribution in [1.29, 1.82) is 0 Å². The molecule has 7 aromatic rings. The number of ether oxygens (including phenoxy) is 3. The highest BCUT2D eigenvalue weighted by molar-refractivity contribution is 6.10. The second-order valence-electron chi connectivity index (χ2n) is 13.8. The molecule has 6 heteroatoms. The number of carbonyl (C=O) groups is 3. The van der Waals surface area contributed by atoms with Gasteiger partial charge in [-0.05, 0) is 127 Å². The van der Waals surface area contributed by atoms with Crippen LogP contribution in [0, 0.1) is 20.8 Å². The maximum absolute atomic E-state index is 13.0. The van der Waals surface area contributed by atoms with Gasteiger partial charge in [0.05, 0.1) is 0 Å². The van der Waals surface area contributed by atoms with Crippen molar-refractivity contribution in [2.75, 3.05) is 0 Å². The minimum Gasteiger partial charge on any atom is -0.489 e. The molecule has 7 aromatic carbocycles. The lowest BCUT2D eigenvalue weighted by molar-refractivity contribution is 0.103. The summed E-state index contributed by atoms with van der Waals surface area (Å²) in [4.78, 5) is 38.9. The van der Waals surface area contributed by atoms with E-state index in [0.29, 0.717) is 50.6 Å². The Kier molecular flexibility index (Phi) is 11.8. The van der Waals surface area contributed by atoms with E-state index >= 15 is 0 Å². The van der Waals surface area contributed by atoms with Gasteiger partial charge in [-0.1, -0.05) is 91.0 Å². The zero-order valence-corrected chi connectivity index (χ0v) is 32.2. The van der Waals surface area contributed by atoms with E-state index in [2.05, 4.69) is 20.8 Å². The minimum absolute atomic E-state index is 0.0449. The highest BCUT2D eigenvalue weighted by Crippen LogP contribution is 2.31. The van der Waals surface area contributed by atoms with Crippen molar-refractivity contribution < 1.29 is 28.6 Å². The molecular weight excluding hydrogens is 709 g/mol. The highest BCUT2D eigenvalue weighted by atomic mass is 16.5. The van der Waals surface area contributed by atoms with Crippen LogP contribution in [0.15, 0.2) is 164 Å². The van der Waals surface area contributed by atoms with Gasteiger partial charge < -0.3 is 14.2 Å². The molecule has 57 heavy (non-hydrogen) atoms. The van der Waals surface area contributed by atoms with Gasteiger partial charge in [-0.15, -0.1) is 0 Å². The molecule has 0 atom stereocenters. The Hall–Kier alpha value is -7.05. The van der Waals surface area contributed by atoms with E-state index in [-0.39, 0.29) is 37.2 Å². The quantitative estimate of drug-likeness (QED) is 0.0971. The van der Waals surface area contributed by atoms with Crippen molar-refractivity contribution in [3.05, 3.63) is 231 Å². The Bertz CT molecular complexity index is 2190. The molecule has 0 heterocycles. The van der Waals surface area contributed by atoms with E-state index in [1.807, 2.05) is 127 Å². The molecule has 0 aliphatic heterocycles. The fraction of sp³-hybridized carbons (Fsp3) is 0.118. The van der Waals surface area contributed by atoms with Crippen LogP contribution in [-0.4, -0.2) is 17.3 Å². The SMILES string of the molecule is Cc1c(COc2ccc(C(=O)c3ccccc3)cc2)c(C)c(COc2ccc(C(=O)c3ccccc3)cc2)c(C)c1COc1ccc(C(=O)c2ccccc2)cc1. The number of ketones is 3. The Morgan fingerprint density at radius 2 is 0.526 bits per heavy atom. The molecule has 0 spiro atoms. The third kappa shape index (κ3) is 8.93. The van der Waals surface area contributed by atoms with E-state index in [9.17, 15) is 14.4 Å². The van der Waals surface area contributed by atoms with Gasteiger partial charge in [0.2, 0.25) is 0 Å². The van der Waals surface area contributed by atoms with Crippen molar-refractivity contribution in [3.63, 3.8) is 0 Å². The normalized spacial score (nSPS) is 10.8.